The van der Waals surface area contributed by atoms with Gasteiger partial charge in [0.15, 0.2) is 0 Å². The Labute approximate surface area is 47.2 Å². The molecule has 0 spiro atoms. The lowest BCUT2D eigenvalue weighted by molar-refractivity contribution is 0.00609. The number of hydrogen-bond donors (Lipinski definition) is 1. The van der Waals surface area contributed by atoms with Crippen LogP contribution in [-0.2, 0) is 0 Å². The van der Waals surface area contributed by atoms with Crippen molar-refractivity contribution in [1.82, 2.24) is 0 Å². The quantitative estimate of drug-likeness (QED) is 0.553. The lowest BCUT2D eigenvalue weighted by Gasteiger charge is -2.08. The number of rotatable bonds is 3. The van der Waals surface area contributed by atoms with Crippen molar-refractivity contribution in [1.29, 1.82) is 5.41 Å². The summed E-state index contributed by atoms with van der Waals surface area (Å²) in [6.45, 7) is 1.41. The number of hydrogen-bond acceptors (Lipinski definition) is 1. The number of alkyl halides is 2. The van der Waals surface area contributed by atoms with Crippen molar-refractivity contribution < 1.29 is 8.78 Å². The van der Waals surface area contributed by atoms with Crippen LogP contribution in [0.25, 0.3) is 0 Å². The van der Waals surface area contributed by atoms with Crippen molar-refractivity contribution in [2.75, 3.05) is 0 Å². The Morgan fingerprint density at radius 2 is 2.12 bits per heavy atom. The molecule has 0 fully saturated rings. The zero-order chi connectivity index (χ0) is 6.62. The predicted octanol–water partition coefficient (Wildman–Crippen LogP) is 2.07. The summed E-state index contributed by atoms with van der Waals surface area (Å²) in [7, 11) is 0. The van der Waals surface area contributed by atoms with Crippen molar-refractivity contribution in [3.63, 3.8) is 0 Å². The second-order valence-electron chi connectivity index (χ2n) is 1.62. The highest BCUT2D eigenvalue weighted by molar-refractivity contribution is 5.54. The topological polar surface area (TPSA) is 23.9 Å². The summed E-state index contributed by atoms with van der Waals surface area (Å²) in [5.74, 6) is -2.65. The van der Waals surface area contributed by atoms with E-state index in [4.69, 9.17) is 5.41 Å². The molecular weight excluding hydrogens is 112 g/mol. The molecule has 0 rings (SSSR count). The van der Waals surface area contributed by atoms with Crippen molar-refractivity contribution in [2.45, 2.75) is 25.7 Å². The second-order valence-corrected chi connectivity index (χ2v) is 1.62. The summed E-state index contributed by atoms with van der Waals surface area (Å²) in [4.78, 5) is 0. The van der Waals surface area contributed by atoms with Crippen LogP contribution >= 0.6 is 0 Å². The molecule has 0 amide bonds. The summed E-state index contributed by atoms with van der Waals surface area (Å²) in [6, 6.07) is 0. The average Bonchev–Trinajstić information content (AvgIpc) is 1.67. The van der Waals surface area contributed by atoms with Gasteiger partial charge >= 0.3 is 0 Å². The molecule has 0 heterocycles. The molecule has 0 bridgehead atoms. The Morgan fingerprint density at radius 1 is 1.62 bits per heavy atom. The molecule has 3 heteroatoms. The standard InChI is InChI=1S/C5H9F2N/c1-2-5(6,7)3-4-8/h4,8H,2-3H2,1H3. The zero-order valence-corrected chi connectivity index (χ0v) is 4.75. The van der Waals surface area contributed by atoms with Crippen LogP contribution in [0, 0.1) is 5.41 Å². The van der Waals surface area contributed by atoms with E-state index in [9.17, 15) is 8.78 Å². The molecule has 0 radical (unpaired) electrons. The van der Waals surface area contributed by atoms with E-state index < -0.39 is 12.3 Å². The molecule has 0 saturated carbocycles. The maximum atomic E-state index is 12.0. The minimum absolute atomic E-state index is 0.178. The van der Waals surface area contributed by atoms with Crippen molar-refractivity contribution >= 4 is 6.21 Å². The molecule has 0 aliphatic rings. The molecule has 0 aromatic rings. The highest BCUT2D eigenvalue weighted by Crippen LogP contribution is 2.19. The molecule has 0 aliphatic heterocycles. The van der Waals surface area contributed by atoms with E-state index >= 15 is 0 Å². The highest BCUT2D eigenvalue weighted by Gasteiger charge is 2.23. The highest BCUT2D eigenvalue weighted by atomic mass is 19.3. The Morgan fingerprint density at radius 3 is 2.25 bits per heavy atom. The minimum atomic E-state index is -2.65. The average molecular weight is 121 g/mol. The third-order valence-electron chi connectivity index (χ3n) is 0.918. The molecule has 0 unspecified atom stereocenters. The summed E-state index contributed by atoms with van der Waals surface area (Å²) in [5.41, 5.74) is 0. The van der Waals surface area contributed by atoms with Gasteiger partial charge in [-0.15, -0.1) is 0 Å². The van der Waals surface area contributed by atoms with E-state index in [2.05, 4.69) is 0 Å². The van der Waals surface area contributed by atoms with Gasteiger partial charge in [-0.2, -0.15) is 0 Å². The fourth-order valence-electron chi connectivity index (χ4n) is 0.294. The van der Waals surface area contributed by atoms with E-state index in [1.807, 2.05) is 0 Å². The van der Waals surface area contributed by atoms with Gasteiger partial charge in [0, 0.05) is 19.1 Å². The van der Waals surface area contributed by atoms with Crippen molar-refractivity contribution in [3.8, 4) is 0 Å². The Balaban J connectivity index is 3.53. The van der Waals surface area contributed by atoms with Gasteiger partial charge in [0.25, 0.3) is 5.92 Å². The maximum absolute atomic E-state index is 12.0. The van der Waals surface area contributed by atoms with Gasteiger partial charge in [-0.05, 0) is 0 Å². The van der Waals surface area contributed by atoms with Gasteiger partial charge in [-0.3, -0.25) is 0 Å². The van der Waals surface area contributed by atoms with E-state index in [0.717, 1.165) is 6.21 Å². The Bertz CT molecular complexity index is 80.5. The first-order valence-electron chi connectivity index (χ1n) is 2.49. The molecule has 0 atom stereocenters. The normalized spacial score (nSPS) is 11.4. The Kier molecular flexibility index (Phi) is 2.58. The SMILES string of the molecule is CCC(F)(F)CC=N. The monoisotopic (exact) mass is 121 g/mol. The lowest BCUT2D eigenvalue weighted by Crippen LogP contribution is -2.13. The molecule has 1 N–H and O–H groups in total. The van der Waals surface area contributed by atoms with E-state index in [1.165, 1.54) is 6.92 Å². The van der Waals surface area contributed by atoms with Crippen LogP contribution in [0.1, 0.15) is 19.8 Å². The molecular formula is C5H9F2N. The van der Waals surface area contributed by atoms with E-state index in [-0.39, 0.29) is 6.42 Å². The first kappa shape index (κ1) is 7.53. The second kappa shape index (κ2) is 2.74. The van der Waals surface area contributed by atoms with E-state index in [0.29, 0.717) is 0 Å². The van der Waals surface area contributed by atoms with Crippen LogP contribution in [0.3, 0.4) is 0 Å². The lowest BCUT2D eigenvalue weighted by atomic mass is 10.2. The summed E-state index contributed by atoms with van der Waals surface area (Å²) in [5, 5.41) is 6.36. The summed E-state index contributed by atoms with van der Waals surface area (Å²) in [6.07, 6.45) is 0.134. The number of halogens is 2. The Hall–Kier alpha value is -0.470. The first-order chi connectivity index (χ1) is 3.62. The van der Waals surface area contributed by atoms with Gasteiger partial charge in [0.2, 0.25) is 0 Å². The molecule has 8 heavy (non-hydrogen) atoms. The van der Waals surface area contributed by atoms with Crippen molar-refractivity contribution in [2.24, 2.45) is 0 Å². The van der Waals surface area contributed by atoms with Gasteiger partial charge in [-0.25, -0.2) is 8.78 Å². The maximum Gasteiger partial charge on any atom is 0.252 e. The van der Waals surface area contributed by atoms with Gasteiger partial charge in [0.05, 0.1) is 0 Å². The van der Waals surface area contributed by atoms with Gasteiger partial charge < -0.3 is 5.41 Å². The molecule has 0 aliphatic carbocycles. The summed E-state index contributed by atoms with van der Waals surface area (Å²) >= 11 is 0. The van der Waals surface area contributed by atoms with E-state index in [1.54, 1.807) is 0 Å². The van der Waals surface area contributed by atoms with Crippen LogP contribution < -0.4 is 0 Å². The molecule has 0 aromatic carbocycles. The predicted molar refractivity (Wildman–Crippen MR) is 28.6 cm³/mol. The zero-order valence-electron chi connectivity index (χ0n) is 4.75. The minimum Gasteiger partial charge on any atom is -0.313 e. The van der Waals surface area contributed by atoms with Crippen LogP contribution in [0.4, 0.5) is 8.78 Å². The molecule has 0 aromatic heterocycles. The fourth-order valence-corrected chi connectivity index (χ4v) is 0.294. The smallest absolute Gasteiger partial charge is 0.252 e. The van der Waals surface area contributed by atoms with Gasteiger partial charge in [0.1, 0.15) is 0 Å². The third kappa shape index (κ3) is 2.66. The number of nitrogens with one attached hydrogen (secondary N) is 1. The van der Waals surface area contributed by atoms with Crippen LogP contribution in [0.2, 0.25) is 0 Å². The molecule has 1 nitrogen and oxygen atoms in total. The van der Waals surface area contributed by atoms with Crippen LogP contribution in [0.15, 0.2) is 0 Å². The molecule has 0 saturated heterocycles. The van der Waals surface area contributed by atoms with Crippen LogP contribution in [-0.4, -0.2) is 12.1 Å². The molecule has 48 valence electrons. The fraction of sp³-hybridized carbons (Fsp3) is 0.800. The van der Waals surface area contributed by atoms with Gasteiger partial charge in [-0.1, -0.05) is 6.92 Å². The largest absolute Gasteiger partial charge is 0.313 e. The third-order valence-corrected chi connectivity index (χ3v) is 0.918. The van der Waals surface area contributed by atoms with Crippen molar-refractivity contribution in [3.05, 3.63) is 0 Å². The summed E-state index contributed by atoms with van der Waals surface area (Å²) < 4.78 is 24.0. The van der Waals surface area contributed by atoms with Crippen LogP contribution in [0.5, 0.6) is 0 Å². The first-order valence-corrected chi connectivity index (χ1v) is 2.49.